The molecule has 0 atom stereocenters. The van der Waals surface area contributed by atoms with Crippen LogP contribution in [0, 0.1) is 0 Å². The quantitative estimate of drug-likeness (QED) is 0.239. The number of aromatic nitrogens is 3. The Bertz CT molecular complexity index is 1440. The van der Waals surface area contributed by atoms with Crippen LogP contribution in [0.15, 0.2) is 59.1 Å². The molecule has 3 N–H and O–H groups in total. The molecule has 4 aromatic rings. The monoisotopic (exact) mass is 564 g/mol. The summed E-state index contributed by atoms with van der Waals surface area (Å²) in [5.74, 6) is 1.70. The highest BCUT2D eigenvalue weighted by atomic mass is 35.5. The van der Waals surface area contributed by atoms with Gasteiger partial charge in [-0.05, 0) is 42.0 Å². The van der Waals surface area contributed by atoms with Crippen molar-refractivity contribution in [3.05, 3.63) is 65.4 Å². The van der Waals surface area contributed by atoms with E-state index in [1.165, 1.54) is 0 Å². The van der Waals surface area contributed by atoms with Crippen LogP contribution in [-0.4, -0.2) is 65.7 Å². The molecule has 5 rings (SSSR count). The topological polar surface area (TPSA) is 118 Å². The molecule has 11 heteroatoms. The van der Waals surface area contributed by atoms with Gasteiger partial charge in [-0.15, -0.1) is 0 Å². The summed E-state index contributed by atoms with van der Waals surface area (Å²) >= 11 is 6.51. The third-order valence-corrected chi connectivity index (χ3v) is 6.81. The summed E-state index contributed by atoms with van der Waals surface area (Å²) in [7, 11) is 0. The van der Waals surface area contributed by atoms with Crippen LogP contribution in [-0.2, 0) is 10.2 Å². The minimum Gasteiger partial charge on any atom is -0.491 e. The second-order valence-electron chi connectivity index (χ2n) is 10.6. The van der Waals surface area contributed by atoms with Gasteiger partial charge in [-0.2, -0.15) is 5.10 Å². The van der Waals surface area contributed by atoms with Crippen molar-refractivity contribution in [1.82, 2.24) is 20.3 Å². The smallest absolute Gasteiger partial charge is 0.324 e. The molecule has 0 saturated carbocycles. The molecule has 1 aliphatic rings. The molecule has 1 saturated heterocycles. The second-order valence-corrected chi connectivity index (χ2v) is 11.0. The zero-order valence-corrected chi connectivity index (χ0v) is 23.5. The number of rotatable bonds is 8. The zero-order valence-electron chi connectivity index (χ0n) is 22.8. The number of urea groups is 1. The van der Waals surface area contributed by atoms with Gasteiger partial charge >= 0.3 is 6.03 Å². The number of nitrogens with zero attached hydrogens (tertiary/aromatic N) is 3. The maximum atomic E-state index is 12.4. The van der Waals surface area contributed by atoms with Gasteiger partial charge in [0.25, 0.3) is 0 Å². The number of carbonyl (C=O) groups is 1. The standard InChI is InChI=1S/C29H33ClN6O4/c1-29(2,3)26-18-27(35-40-26)32-28(37)31-21-7-4-19(5-8-21)23-17-24(34-33-23)20-6-9-25(22(30)16-20)39-15-12-36-10-13-38-14-11-36/h4-9,16-18H,10-15H2,1-3H3,(H,33,34)(H2,31,32,35,37). The lowest BCUT2D eigenvalue weighted by Gasteiger charge is -2.26. The molecule has 210 valence electrons. The predicted molar refractivity (Wildman–Crippen MR) is 155 cm³/mol. The molecule has 3 heterocycles. The van der Waals surface area contributed by atoms with Crippen LogP contribution < -0.4 is 15.4 Å². The van der Waals surface area contributed by atoms with Gasteiger partial charge in [0.2, 0.25) is 0 Å². The third-order valence-electron chi connectivity index (χ3n) is 6.52. The number of ether oxygens (including phenoxy) is 2. The lowest BCUT2D eigenvalue weighted by molar-refractivity contribution is 0.0322. The summed E-state index contributed by atoms with van der Waals surface area (Å²) in [5, 5.41) is 17.5. The van der Waals surface area contributed by atoms with Crippen LogP contribution in [0.5, 0.6) is 5.75 Å². The predicted octanol–water partition coefficient (Wildman–Crippen LogP) is 6.04. The molecule has 0 unspecified atom stereocenters. The molecule has 2 amide bonds. The van der Waals surface area contributed by atoms with Crippen LogP contribution in [0.4, 0.5) is 16.3 Å². The van der Waals surface area contributed by atoms with Crippen LogP contribution >= 0.6 is 11.6 Å². The fourth-order valence-electron chi connectivity index (χ4n) is 4.20. The summed E-state index contributed by atoms with van der Waals surface area (Å²) < 4.78 is 16.6. The van der Waals surface area contributed by atoms with Crippen molar-refractivity contribution in [3.63, 3.8) is 0 Å². The van der Waals surface area contributed by atoms with Crippen molar-refractivity contribution in [1.29, 1.82) is 0 Å². The van der Waals surface area contributed by atoms with E-state index in [-0.39, 0.29) is 5.41 Å². The minimum atomic E-state index is -0.407. The van der Waals surface area contributed by atoms with Crippen LogP contribution in [0.1, 0.15) is 26.5 Å². The Morgan fingerprint density at radius 2 is 1.80 bits per heavy atom. The van der Waals surface area contributed by atoms with Gasteiger partial charge in [-0.1, -0.05) is 49.7 Å². The molecule has 0 aliphatic carbocycles. The van der Waals surface area contributed by atoms with E-state index in [1.807, 2.05) is 69.3 Å². The van der Waals surface area contributed by atoms with E-state index in [2.05, 4.69) is 30.9 Å². The van der Waals surface area contributed by atoms with Crippen molar-refractivity contribution in [2.75, 3.05) is 50.1 Å². The molecule has 40 heavy (non-hydrogen) atoms. The number of hydrogen-bond donors (Lipinski definition) is 3. The second kappa shape index (κ2) is 12.1. The number of amides is 2. The minimum absolute atomic E-state index is 0.195. The largest absolute Gasteiger partial charge is 0.491 e. The van der Waals surface area contributed by atoms with Crippen molar-refractivity contribution in [2.45, 2.75) is 26.2 Å². The van der Waals surface area contributed by atoms with E-state index in [0.717, 1.165) is 55.4 Å². The first-order chi connectivity index (χ1) is 19.2. The fourth-order valence-corrected chi connectivity index (χ4v) is 4.44. The van der Waals surface area contributed by atoms with Crippen molar-refractivity contribution < 1.29 is 18.8 Å². The Labute approximate surface area is 238 Å². The van der Waals surface area contributed by atoms with Gasteiger partial charge in [0.05, 0.1) is 29.6 Å². The average molecular weight is 565 g/mol. The third kappa shape index (κ3) is 7.01. The van der Waals surface area contributed by atoms with E-state index in [9.17, 15) is 4.79 Å². The Morgan fingerprint density at radius 1 is 1.05 bits per heavy atom. The number of morpholine rings is 1. The van der Waals surface area contributed by atoms with E-state index in [1.54, 1.807) is 6.07 Å². The van der Waals surface area contributed by atoms with Gasteiger partial charge < -0.3 is 19.3 Å². The number of benzene rings is 2. The van der Waals surface area contributed by atoms with Gasteiger partial charge in [-0.3, -0.25) is 15.3 Å². The molecule has 0 radical (unpaired) electrons. The first-order valence-corrected chi connectivity index (χ1v) is 13.6. The fraction of sp³-hybridized carbons (Fsp3) is 0.345. The van der Waals surface area contributed by atoms with Crippen molar-refractivity contribution >= 4 is 29.1 Å². The van der Waals surface area contributed by atoms with Gasteiger partial charge in [0.1, 0.15) is 18.1 Å². The number of anilines is 2. The van der Waals surface area contributed by atoms with Crippen molar-refractivity contribution in [2.24, 2.45) is 0 Å². The highest BCUT2D eigenvalue weighted by Crippen LogP contribution is 2.31. The van der Waals surface area contributed by atoms with Gasteiger partial charge in [0.15, 0.2) is 5.82 Å². The molecule has 10 nitrogen and oxygen atoms in total. The Balaban J connectivity index is 1.16. The average Bonchev–Trinajstić information content (AvgIpc) is 3.61. The highest BCUT2D eigenvalue weighted by molar-refractivity contribution is 6.32. The first kappa shape index (κ1) is 27.7. The van der Waals surface area contributed by atoms with E-state index in [0.29, 0.717) is 34.6 Å². The van der Waals surface area contributed by atoms with E-state index in [4.69, 9.17) is 25.6 Å². The number of aromatic amines is 1. The van der Waals surface area contributed by atoms with E-state index >= 15 is 0 Å². The lowest BCUT2D eigenvalue weighted by atomic mass is 9.93. The van der Waals surface area contributed by atoms with E-state index < -0.39 is 6.03 Å². The molecular formula is C29H33ClN6O4. The number of hydrogen-bond acceptors (Lipinski definition) is 7. The Kier molecular flexibility index (Phi) is 8.39. The number of carbonyl (C=O) groups excluding carboxylic acids is 1. The normalized spacial score (nSPS) is 14.2. The molecule has 1 fully saturated rings. The zero-order chi connectivity index (χ0) is 28.1. The Hall–Kier alpha value is -3.86. The molecule has 0 spiro atoms. The van der Waals surface area contributed by atoms with Gasteiger partial charge in [0, 0.05) is 42.4 Å². The summed E-state index contributed by atoms with van der Waals surface area (Å²) in [5.41, 5.74) is 3.84. The van der Waals surface area contributed by atoms with Gasteiger partial charge in [-0.25, -0.2) is 4.79 Å². The summed E-state index contributed by atoms with van der Waals surface area (Å²) in [6.07, 6.45) is 0. The molecular weight excluding hydrogens is 532 g/mol. The van der Waals surface area contributed by atoms with Crippen molar-refractivity contribution in [3.8, 4) is 28.3 Å². The van der Waals surface area contributed by atoms with Crippen LogP contribution in [0.2, 0.25) is 5.02 Å². The SMILES string of the molecule is CC(C)(C)c1cc(NC(=O)Nc2ccc(-c3cc(-c4ccc(OCCN5CCOCC5)c(Cl)c4)n[nH]3)cc2)no1. The molecule has 2 aromatic heterocycles. The maximum Gasteiger partial charge on any atom is 0.324 e. The number of nitrogens with one attached hydrogen (secondary N) is 3. The Morgan fingerprint density at radius 3 is 2.50 bits per heavy atom. The summed E-state index contributed by atoms with van der Waals surface area (Å²) in [6.45, 7) is 10.8. The molecule has 1 aliphatic heterocycles. The van der Waals surface area contributed by atoms with Crippen LogP contribution in [0.3, 0.4) is 0 Å². The summed E-state index contributed by atoms with van der Waals surface area (Å²) in [6, 6.07) is 16.4. The lowest BCUT2D eigenvalue weighted by Crippen LogP contribution is -2.38. The number of H-pyrrole nitrogens is 1. The first-order valence-electron chi connectivity index (χ1n) is 13.2. The highest BCUT2D eigenvalue weighted by Gasteiger charge is 2.20. The summed E-state index contributed by atoms with van der Waals surface area (Å²) in [4.78, 5) is 14.7. The number of halogens is 1. The molecule has 0 bridgehead atoms. The maximum absolute atomic E-state index is 12.4. The van der Waals surface area contributed by atoms with Crippen LogP contribution in [0.25, 0.3) is 22.5 Å². The molecule has 2 aromatic carbocycles.